The number of rotatable bonds is 4. The van der Waals surface area contributed by atoms with Gasteiger partial charge in [0, 0.05) is 25.6 Å². The van der Waals surface area contributed by atoms with Crippen molar-refractivity contribution >= 4 is 22.4 Å². The monoisotopic (exact) mass is 401 g/mol. The van der Waals surface area contributed by atoms with Crippen LogP contribution in [0.2, 0.25) is 0 Å². The van der Waals surface area contributed by atoms with Crippen molar-refractivity contribution in [2.75, 3.05) is 18.0 Å². The number of thiazole rings is 1. The molecule has 1 aliphatic heterocycles. The zero-order valence-electron chi connectivity index (χ0n) is 14.6. The quantitative estimate of drug-likeness (QED) is 0.784. The molecule has 0 spiro atoms. The molecule has 9 heteroatoms. The summed E-state index contributed by atoms with van der Waals surface area (Å²) in [6, 6.07) is 4.83. The highest BCUT2D eigenvalue weighted by atomic mass is 32.1. The number of hydrogen-bond donors (Lipinski definition) is 1. The van der Waals surface area contributed by atoms with Gasteiger partial charge in [0.25, 0.3) is 0 Å². The number of aryl methyl sites for hydroxylation is 1. The topological polar surface area (TPSA) is 45.2 Å². The number of benzene rings is 1. The minimum atomic E-state index is -4.39. The molecule has 27 heavy (non-hydrogen) atoms. The smallest absolute Gasteiger partial charge is 0.352 e. The van der Waals surface area contributed by atoms with Crippen molar-refractivity contribution in [2.24, 2.45) is 5.92 Å². The maximum absolute atomic E-state index is 13.5. The molecule has 0 radical (unpaired) electrons. The number of piperidine rings is 1. The summed E-state index contributed by atoms with van der Waals surface area (Å²) in [5.74, 6) is -0.638. The SMILES string of the molecule is Cc1ccc(CNC(=O)C2CCN(c3ncc(C(F)(F)F)s3)CC2)cc1F. The maximum atomic E-state index is 13.5. The predicted molar refractivity (Wildman–Crippen MR) is 95.0 cm³/mol. The van der Waals surface area contributed by atoms with Crippen molar-refractivity contribution in [1.82, 2.24) is 10.3 Å². The largest absolute Gasteiger partial charge is 0.427 e. The van der Waals surface area contributed by atoms with E-state index in [1.165, 1.54) is 6.07 Å². The van der Waals surface area contributed by atoms with Gasteiger partial charge in [0.2, 0.25) is 5.91 Å². The fourth-order valence-corrected chi connectivity index (χ4v) is 3.79. The lowest BCUT2D eigenvalue weighted by Gasteiger charge is -2.31. The third-order valence-corrected chi connectivity index (χ3v) is 5.72. The van der Waals surface area contributed by atoms with Crippen LogP contribution in [0.3, 0.4) is 0 Å². The summed E-state index contributed by atoms with van der Waals surface area (Å²) in [5.41, 5.74) is 1.24. The van der Waals surface area contributed by atoms with Crippen molar-refractivity contribution in [3.63, 3.8) is 0 Å². The molecule has 0 bridgehead atoms. The number of nitrogens with zero attached hydrogens (tertiary/aromatic N) is 2. The van der Waals surface area contributed by atoms with Gasteiger partial charge in [0.05, 0.1) is 6.20 Å². The Morgan fingerprint density at radius 1 is 1.33 bits per heavy atom. The minimum absolute atomic E-state index is 0.120. The Morgan fingerprint density at radius 2 is 2.04 bits per heavy atom. The summed E-state index contributed by atoms with van der Waals surface area (Å²) < 4.78 is 51.6. The second-order valence-corrected chi connectivity index (χ2v) is 7.58. The number of alkyl halides is 3. The first kappa shape index (κ1) is 19.6. The number of halogens is 4. The van der Waals surface area contributed by atoms with Crippen LogP contribution < -0.4 is 10.2 Å². The van der Waals surface area contributed by atoms with Crippen molar-refractivity contribution in [3.8, 4) is 0 Å². The Bertz CT molecular complexity index is 813. The molecule has 1 aromatic carbocycles. The maximum Gasteiger partial charge on any atom is 0.427 e. The lowest BCUT2D eigenvalue weighted by atomic mass is 9.96. The molecule has 1 amide bonds. The third-order valence-electron chi connectivity index (χ3n) is 4.61. The van der Waals surface area contributed by atoms with Crippen LogP contribution in [0, 0.1) is 18.7 Å². The van der Waals surface area contributed by atoms with E-state index in [0.29, 0.717) is 53.5 Å². The molecular weight excluding hydrogens is 382 g/mol. The summed E-state index contributed by atoms with van der Waals surface area (Å²) in [4.78, 5) is 17.2. The molecule has 1 aliphatic rings. The second-order valence-electron chi connectivity index (χ2n) is 6.57. The molecule has 1 aromatic heterocycles. The molecular formula is C18H19F4N3OS. The summed E-state index contributed by atoms with van der Waals surface area (Å²) >= 11 is 0.620. The predicted octanol–water partition coefficient (Wildman–Crippen LogP) is 4.14. The number of anilines is 1. The van der Waals surface area contributed by atoms with Crippen LogP contribution >= 0.6 is 11.3 Å². The van der Waals surface area contributed by atoms with Crippen LogP contribution in [-0.2, 0) is 17.5 Å². The Kier molecular flexibility index (Phi) is 5.69. The van der Waals surface area contributed by atoms with E-state index >= 15 is 0 Å². The van der Waals surface area contributed by atoms with E-state index in [1.807, 2.05) is 0 Å². The fraction of sp³-hybridized carbons (Fsp3) is 0.444. The highest BCUT2D eigenvalue weighted by molar-refractivity contribution is 7.15. The van der Waals surface area contributed by atoms with Crippen molar-refractivity contribution in [3.05, 3.63) is 46.2 Å². The minimum Gasteiger partial charge on any atom is -0.352 e. The first-order valence-electron chi connectivity index (χ1n) is 8.55. The Morgan fingerprint density at radius 3 is 2.63 bits per heavy atom. The van der Waals surface area contributed by atoms with Crippen LogP contribution in [-0.4, -0.2) is 24.0 Å². The van der Waals surface area contributed by atoms with E-state index in [0.717, 1.165) is 6.20 Å². The van der Waals surface area contributed by atoms with Crippen LogP contribution in [0.4, 0.5) is 22.7 Å². The highest BCUT2D eigenvalue weighted by Gasteiger charge is 2.34. The molecule has 146 valence electrons. The second kappa shape index (κ2) is 7.84. The molecule has 1 fully saturated rings. The van der Waals surface area contributed by atoms with Crippen LogP contribution in [0.1, 0.15) is 28.8 Å². The highest BCUT2D eigenvalue weighted by Crippen LogP contribution is 2.37. The van der Waals surface area contributed by atoms with Gasteiger partial charge < -0.3 is 10.2 Å². The van der Waals surface area contributed by atoms with Gasteiger partial charge in [-0.25, -0.2) is 9.37 Å². The van der Waals surface area contributed by atoms with Crippen molar-refractivity contribution < 1.29 is 22.4 Å². The molecule has 0 aliphatic carbocycles. The molecule has 0 unspecified atom stereocenters. The van der Waals surface area contributed by atoms with Gasteiger partial charge in [-0.1, -0.05) is 23.5 Å². The zero-order chi connectivity index (χ0) is 19.6. The molecule has 2 heterocycles. The lowest BCUT2D eigenvalue weighted by Crippen LogP contribution is -2.40. The molecule has 0 saturated carbocycles. The Labute approximate surface area is 158 Å². The van der Waals surface area contributed by atoms with E-state index < -0.39 is 11.1 Å². The van der Waals surface area contributed by atoms with Gasteiger partial charge in [0.1, 0.15) is 10.7 Å². The molecule has 4 nitrogen and oxygen atoms in total. The normalized spacial score (nSPS) is 15.8. The standard InChI is InChI=1S/C18H19F4N3OS/c1-11-2-3-12(8-14(11)19)9-23-16(26)13-4-6-25(7-5-13)17-24-10-15(27-17)18(20,21)22/h2-3,8,10,13H,4-7,9H2,1H3,(H,23,26). The van der Waals surface area contributed by atoms with E-state index in [9.17, 15) is 22.4 Å². The average Bonchev–Trinajstić information content (AvgIpc) is 3.13. The van der Waals surface area contributed by atoms with Gasteiger partial charge in [-0.3, -0.25) is 4.79 Å². The number of nitrogens with one attached hydrogen (secondary N) is 1. The molecule has 0 atom stereocenters. The van der Waals surface area contributed by atoms with Crippen molar-refractivity contribution in [1.29, 1.82) is 0 Å². The van der Waals surface area contributed by atoms with Crippen LogP contribution in [0.5, 0.6) is 0 Å². The number of carbonyl (C=O) groups excluding carboxylic acids is 1. The third kappa shape index (κ3) is 4.77. The Hall–Kier alpha value is -2.16. The molecule has 3 rings (SSSR count). The van der Waals surface area contributed by atoms with E-state index in [-0.39, 0.29) is 24.2 Å². The van der Waals surface area contributed by atoms with Crippen molar-refractivity contribution in [2.45, 2.75) is 32.5 Å². The van der Waals surface area contributed by atoms with Gasteiger partial charge in [-0.2, -0.15) is 13.2 Å². The summed E-state index contributed by atoms with van der Waals surface area (Å²) in [5, 5.41) is 3.14. The average molecular weight is 401 g/mol. The van der Waals surface area contributed by atoms with E-state index in [2.05, 4.69) is 10.3 Å². The Balaban J connectivity index is 1.50. The van der Waals surface area contributed by atoms with Gasteiger partial charge in [-0.05, 0) is 37.0 Å². The van der Waals surface area contributed by atoms with Crippen LogP contribution in [0.25, 0.3) is 0 Å². The summed E-state index contributed by atoms with van der Waals surface area (Å²) in [6.07, 6.45) is -2.47. The molecule has 1 N–H and O–H groups in total. The molecule has 2 aromatic rings. The molecule has 1 saturated heterocycles. The van der Waals surface area contributed by atoms with Gasteiger partial charge in [-0.15, -0.1) is 0 Å². The van der Waals surface area contributed by atoms with E-state index in [4.69, 9.17) is 0 Å². The number of carbonyl (C=O) groups is 1. The summed E-state index contributed by atoms with van der Waals surface area (Å²) in [7, 11) is 0. The zero-order valence-corrected chi connectivity index (χ0v) is 15.5. The van der Waals surface area contributed by atoms with Gasteiger partial charge >= 0.3 is 6.18 Å². The first-order chi connectivity index (χ1) is 12.7. The number of aromatic nitrogens is 1. The fourth-order valence-electron chi connectivity index (χ4n) is 2.95. The number of amides is 1. The van der Waals surface area contributed by atoms with Crippen LogP contribution in [0.15, 0.2) is 24.4 Å². The van der Waals surface area contributed by atoms with E-state index in [1.54, 1.807) is 24.0 Å². The number of hydrogen-bond acceptors (Lipinski definition) is 4. The summed E-state index contributed by atoms with van der Waals surface area (Å²) in [6.45, 7) is 2.87. The lowest BCUT2D eigenvalue weighted by molar-refractivity contribution is -0.134. The first-order valence-corrected chi connectivity index (χ1v) is 9.36. The van der Waals surface area contributed by atoms with Gasteiger partial charge in [0.15, 0.2) is 5.13 Å².